The summed E-state index contributed by atoms with van der Waals surface area (Å²) < 4.78 is 24.8. The first-order valence-corrected chi connectivity index (χ1v) is 13.9. The van der Waals surface area contributed by atoms with Gasteiger partial charge in [-0.15, -0.1) is 0 Å². The summed E-state index contributed by atoms with van der Waals surface area (Å²) in [7, 11) is 0. The molecule has 1 N–H and O–H groups in total. The summed E-state index contributed by atoms with van der Waals surface area (Å²) in [5.41, 5.74) is 2.07. The lowest BCUT2D eigenvalue weighted by atomic mass is 10.0. The molecule has 0 spiro atoms. The maximum absolute atomic E-state index is 13.7. The molecule has 1 aliphatic heterocycles. The molecule has 4 atom stereocenters. The van der Waals surface area contributed by atoms with E-state index in [1.165, 1.54) is 4.90 Å². The number of rotatable bonds is 12. The van der Waals surface area contributed by atoms with Gasteiger partial charge in [-0.2, -0.15) is 0 Å². The number of ether oxygens (including phenoxy) is 4. The molecule has 8 nitrogen and oxygen atoms in total. The number of nitrogens with zero attached hydrogens (tertiary/aromatic N) is 1. The van der Waals surface area contributed by atoms with Crippen molar-refractivity contribution in [3.05, 3.63) is 108 Å². The fourth-order valence-electron chi connectivity index (χ4n) is 4.97. The molecule has 41 heavy (non-hydrogen) atoms. The minimum absolute atomic E-state index is 0.106. The van der Waals surface area contributed by atoms with Crippen LogP contribution in [0.2, 0.25) is 0 Å². The van der Waals surface area contributed by atoms with Crippen LogP contribution in [-0.2, 0) is 43.6 Å². The first kappa shape index (κ1) is 30.2. The number of carboxylic acid groups (broad SMARTS) is 1. The second-order valence-corrected chi connectivity index (χ2v) is 11.1. The first-order chi connectivity index (χ1) is 19.7. The fourth-order valence-corrected chi connectivity index (χ4v) is 4.97. The van der Waals surface area contributed by atoms with Crippen molar-refractivity contribution >= 4 is 12.1 Å². The Bertz CT molecular complexity index is 1230. The summed E-state index contributed by atoms with van der Waals surface area (Å²) in [5.74, 6) is -1.05. The zero-order valence-electron chi connectivity index (χ0n) is 23.8. The standard InChI is InChI=1S/C33H39NO7/c1-33(2,3)41-32(37)34-27(19-29(35)36)30(39-21-25-15-9-5-10-16-25)31(40-22-26-17-11-6-12-18-26)28(34)23-38-20-24-13-7-4-8-14-24/h4-18,27-28,30-31H,19-23H2,1-3H3,(H,35,36)/t27-,28-,30-,31-/m1/s1. The molecule has 4 rings (SSSR count). The van der Waals surface area contributed by atoms with Crippen LogP contribution in [0.5, 0.6) is 0 Å². The van der Waals surface area contributed by atoms with E-state index in [0.29, 0.717) is 6.61 Å². The molecule has 0 unspecified atom stereocenters. The van der Waals surface area contributed by atoms with Gasteiger partial charge in [0, 0.05) is 0 Å². The summed E-state index contributed by atoms with van der Waals surface area (Å²) in [6.07, 6.45) is -2.38. The summed E-state index contributed by atoms with van der Waals surface area (Å²) in [6.45, 7) is 6.25. The molecular weight excluding hydrogens is 522 g/mol. The van der Waals surface area contributed by atoms with Crippen LogP contribution < -0.4 is 0 Å². The van der Waals surface area contributed by atoms with Gasteiger partial charge in [0.1, 0.15) is 17.8 Å². The Kier molecular flexibility index (Phi) is 10.5. The smallest absolute Gasteiger partial charge is 0.411 e. The predicted molar refractivity (Wildman–Crippen MR) is 154 cm³/mol. The Morgan fingerprint density at radius 2 is 1.15 bits per heavy atom. The number of aliphatic carboxylic acids is 1. The minimum Gasteiger partial charge on any atom is -0.481 e. The van der Waals surface area contributed by atoms with Crippen LogP contribution >= 0.6 is 0 Å². The molecule has 1 heterocycles. The van der Waals surface area contributed by atoms with Gasteiger partial charge in [0.2, 0.25) is 0 Å². The van der Waals surface area contributed by atoms with Gasteiger partial charge in [0.05, 0.1) is 44.9 Å². The number of carbonyl (C=O) groups is 2. The largest absolute Gasteiger partial charge is 0.481 e. The van der Waals surface area contributed by atoms with Crippen molar-refractivity contribution in [2.45, 2.75) is 76.9 Å². The summed E-state index contributed by atoms with van der Waals surface area (Å²) in [6, 6.07) is 27.6. The number of benzene rings is 3. The molecule has 0 aliphatic carbocycles. The van der Waals surface area contributed by atoms with E-state index in [2.05, 4.69) is 0 Å². The molecule has 0 radical (unpaired) electrons. The molecule has 1 saturated heterocycles. The van der Waals surface area contributed by atoms with E-state index >= 15 is 0 Å². The first-order valence-electron chi connectivity index (χ1n) is 13.9. The lowest BCUT2D eigenvalue weighted by Gasteiger charge is -2.32. The molecule has 1 amide bonds. The Balaban J connectivity index is 1.67. The predicted octanol–water partition coefficient (Wildman–Crippen LogP) is 5.84. The van der Waals surface area contributed by atoms with Gasteiger partial charge in [-0.1, -0.05) is 91.0 Å². The molecule has 8 heteroatoms. The Morgan fingerprint density at radius 3 is 1.59 bits per heavy atom. The van der Waals surface area contributed by atoms with Crippen molar-refractivity contribution in [1.29, 1.82) is 0 Å². The Morgan fingerprint density at radius 1 is 0.707 bits per heavy atom. The second-order valence-electron chi connectivity index (χ2n) is 11.1. The second kappa shape index (κ2) is 14.3. The highest BCUT2D eigenvalue weighted by atomic mass is 16.6. The molecule has 1 fully saturated rings. The Labute approximate surface area is 241 Å². The van der Waals surface area contributed by atoms with Crippen LogP contribution in [0.15, 0.2) is 91.0 Å². The van der Waals surface area contributed by atoms with E-state index in [4.69, 9.17) is 18.9 Å². The van der Waals surface area contributed by atoms with Crippen molar-refractivity contribution in [2.24, 2.45) is 0 Å². The lowest BCUT2D eigenvalue weighted by molar-refractivity contribution is -0.140. The maximum atomic E-state index is 13.7. The molecule has 1 aliphatic rings. The van der Waals surface area contributed by atoms with E-state index in [0.717, 1.165) is 16.7 Å². The van der Waals surface area contributed by atoms with Crippen molar-refractivity contribution in [2.75, 3.05) is 6.61 Å². The molecule has 0 aromatic heterocycles. The number of likely N-dealkylation sites (tertiary alicyclic amines) is 1. The number of hydrogen-bond donors (Lipinski definition) is 1. The zero-order chi connectivity index (χ0) is 29.2. The van der Waals surface area contributed by atoms with Crippen molar-refractivity contribution in [3.8, 4) is 0 Å². The quantitative estimate of drug-likeness (QED) is 0.297. The van der Waals surface area contributed by atoms with Gasteiger partial charge in [-0.05, 0) is 37.5 Å². The fraction of sp³-hybridized carbons (Fsp3) is 0.394. The van der Waals surface area contributed by atoms with Crippen LogP contribution in [-0.4, -0.2) is 58.6 Å². The third-order valence-corrected chi connectivity index (χ3v) is 6.76. The molecule has 3 aromatic rings. The topological polar surface area (TPSA) is 94.5 Å². The average Bonchev–Trinajstić information content (AvgIpc) is 3.22. The average molecular weight is 562 g/mol. The van der Waals surface area contributed by atoms with Gasteiger partial charge in [-0.25, -0.2) is 4.79 Å². The van der Waals surface area contributed by atoms with Gasteiger partial charge in [-0.3, -0.25) is 9.69 Å². The number of carbonyl (C=O) groups excluding carboxylic acids is 1. The van der Waals surface area contributed by atoms with Crippen LogP contribution in [0.3, 0.4) is 0 Å². The highest BCUT2D eigenvalue weighted by molar-refractivity contribution is 5.73. The Hall–Kier alpha value is -3.72. The van der Waals surface area contributed by atoms with Crippen molar-refractivity contribution in [3.63, 3.8) is 0 Å². The monoisotopic (exact) mass is 561 g/mol. The van der Waals surface area contributed by atoms with Crippen LogP contribution in [0.25, 0.3) is 0 Å². The summed E-state index contributed by atoms with van der Waals surface area (Å²) >= 11 is 0. The zero-order valence-corrected chi connectivity index (χ0v) is 23.8. The highest BCUT2D eigenvalue weighted by Crippen LogP contribution is 2.35. The molecule has 3 aromatic carbocycles. The van der Waals surface area contributed by atoms with Crippen LogP contribution in [0, 0.1) is 0 Å². The highest BCUT2D eigenvalue weighted by Gasteiger charge is 2.54. The van der Waals surface area contributed by atoms with Gasteiger partial charge >= 0.3 is 12.1 Å². The lowest BCUT2D eigenvalue weighted by Crippen LogP contribution is -2.49. The minimum atomic E-state index is -1.05. The summed E-state index contributed by atoms with van der Waals surface area (Å²) in [4.78, 5) is 27.3. The van der Waals surface area contributed by atoms with Crippen molar-refractivity contribution in [1.82, 2.24) is 4.90 Å². The maximum Gasteiger partial charge on any atom is 0.411 e. The molecular formula is C33H39NO7. The van der Waals surface area contributed by atoms with E-state index in [9.17, 15) is 14.7 Å². The van der Waals surface area contributed by atoms with E-state index in [-0.39, 0.29) is 26.2 Å². The molecule has 0 bridgehead atoms. The summed E-state index contributed by atoms with van der Waals surface area (Å²) in [5, 5.41) is 9.91. The third-order valence-electron chi connectivity index (χ3n) is 6.76. The van der Waals surface area contributed by atoms with Gasteiger partial charge < -0.3 is 24.1 Å². The molecule has 218 valence electrons. The molecule has 0 saturated carbocycles. The van der Waals surface area contributed by atoms with Gasteiger partial charge in [0.25, 0.3) is 0 Å². The van der Waals surface area contributed by atoms with E-state index in [1.807, 2.05) is 91.0 Å². The normalized spacial score (nSPS) is 20.6. The van der Waals surface area contributed by atoms with Crippen molar-refractivity contribution < 1.29 is 33.6 Å². The van der Waals surface area contributed by atoms with Gasteiger partial charge in [0.15, 0.2) is 0 Å². The number of carboxylic acids is 1. The van der Waals surface area contributed by atoms with E-state index < -0.39 is 42.0 Å². The van der Waals surface area contributed by atoms with Crippen LogP contribution in [0.4, 0.5) is 4.79 Å². The SMILES string of the molecule is CC(C)(C)OC(=O)N1[C@H](COCc2ccccc2)[C@@H](OCc2ccccc2)[C@H](OCc2ccccc2)[C@H]1CC(=O)O. The van der Waals surface area contributed by atoms with Crippen LogP contribution in [0.1, 0.15) is 43.9 Å². The third kappa shape index (κ3) is 8.88. The van der Waals surface area contributed by atoms with E-state index in [1.54, 1.807) is 20.8 Å². The number of hydrogen-bond acceptors (Lipinski definition) is 6. The number of amides is 1.